The summed E-state index contributed by atoms with van der Waals surface area (Å²) in [5, 5.41) is 8.12. The van der Waals surface area contributed by atoms with Gasteiger partial charge in [-0.2, -0.15) is 18.3 Å². The number of carbonyl (C=O) groups excluding carboxylic acids is 1. The van der Waals surface area contributed by atoms with E-state index in [1.54, 1.807) is 16.8 Å². The predicted octanol–water partition coefficient (Wildman–Crippen LogP) is 3.37. The van der Waals surface area contributed by atoms with Crippen LogP contribution in [0.4, 0.5) is 24.8 Å². The maximum Gasteiger partial charge on any atom is 0.392 e. The zero-order valence-corrected chi connectivity index (χ0v) is 16.0. The Hall–Kier alpha value is -3.17. The summed E-state index contributed by atoms with van der Waals surface area (Å²) in [5.41, 5.74) is 9.28. The zero-order valence-electron chi connectivity index (χ0n) is 16.0. The second-order valence-corrected chi connectivity index (χ2v) is 7.33. The van der Waals surface area contributed by atoms with E-state index in [-0.39, 0.29) is 18.1 Å². The van der Waals surface area contributed by atoms with Crippen LogP contribution in [0, 0.1) is 25.7 Å². The Morgan fingerprint density at radius 3 is 2.62 bits per heavy atom. The first-order valence-electron chi connectivity index (χ1n) is 9.00. The molecule has 3 aromatic rings. The van der Waals surface area contributed by atoms with Gasteiger partial charge in [-0.3, -0.25) is 9.48 Å². The first kappa shape index (κ1) is 19.2. The molecule has 0 saturated heterocycles. The number of aromatic nitrogens is 4. The van der Waals surface area contributed by atoms with Crippen LogP contribution in [0.5, 0.6) is 0 Å². The molecule has 0 bridgehead atoms. The molecule has 1 aliphatic carbocycles. The number of aryl methyl sites for hydroxylation is 2. The van der Waals surface area contributed by atoms with E-state index in [1.165, 1.54) is 6.20 Å². The van der Waals surface area contributed by atoms with E-state index in [0.717, 1.165) is 17.0 Å². The van der Waals surface area contributed by atoms with Gasteiger partial charge in [0.1, 0.15) is 11.6 Å². The van der Waals surface area contributed by atoms with Crippen molar-refractivity contribution in [1.29, 1.82) is 0 Å². The van der Waals surface area contributed by atoms with Crippen LogP contribution in [0.3, 0.4) is 0 Å². The zero-order chi connectivity index (χ0) is 21.1. The van der Waals surface area contributed by atoms with Gasteiger partial charge in [0.2, 0.25) is 5.91 Å². The highest BCUT2D eigenvalue weighted by Gasteiger charge is 2.58. The number of fused-ring (bicyclic) bond motifs is 1. The Kier molecular flexibility index (Phi) is 4.25. The van der Waals surface area contributed by atoms with Crippen LogP contribution >= 0.6 is 0 Å². The topological polar surface area (TPSA) is 98.7 Å². The van der Waals surface area contributed by atoms with Crippen molar-refractivity contribution in [2.75, 3.05) is 11.1 Å². The standard InChI is InChI=1S/C19H19F3N6O/c1-8-16(9(2)28(3)27-8)14-4-10-5-15(24-7-12(10)17(23)25-14)26-18(29)11-6-13(11)19(20,21)22/h4-5,7,11,13H,6H2,1-3H3,(H2,23,25)(H,24,26,29)/t11-,13?/m1/s1. The first-order valence-corrected chi connectivity index (χ1v) is 9.00. The van der Waals surface area contributed by atoms with Crippen LogP contribution in [0.15, 0.2) is 18.3 Å². The van der Waals surface area contributed by atoms with Gasteiger partial charge in [0.15, 0.2) is 0 Å². The molecule has 10 heteroatoms. The third kappa shape index (κ3) is 3.39. The number of hydrogen-bond acceptors (Lipinski definition) is 5. The van der Waals surface area contributed by atoms with Crippen molar-refractivity contribution in [3.8, 4) is 11.3 Å². The van der Waals surface area contributed by atoms with Crippen LogP contribution in [-0.4, -0.2) is 31.8 Å². The van der Waals surface area contributed by atoms with Crippen molar-refractivity contribution in [2.24, 2.45) is 18.9 Å². The number of halogens is 3. The van der Waals surface area contributed by atoms with Crippen molar-refractivity contribution >= 4 is 28.3 Å². The molecule has 0 spiro atoms. The van der Waals surface area contributed by atoms with Crippen molar-refractivity contribution in [3.05, 3.63) is 29.7 Å². The molecule has 0 radical (unpaired) electrons. The Labute approximate surface area is 164 Å². The lowest BCUT2D eigenvalue weighted by Crippen LogP contribution is -2.20. The van der Waals surface area contributed by atoms with Crippen LogP contribution in [0.25, 0.3) is 22.0 Å². The quantitative estimate of drug-likeness (QED) is 0.697. The highest BCUT2D eigenvalue weighted by molar-refractivity contribution is 5.98. The maximum absolute atomic E-state index is 12.7. The molecule has 0 aromatic carbocycles. The summed E-state index contributed by atoms with van der Waals surface area (Å²) in [6, 6.07) is 3.39. The van der Waals surface area contributed by atoms with Crippen molar-refractivity contribution in [3.63, 3.8) is 0 Å². The monoisotopic (exact) mass is 404 g/mol. The third-order valence-corrected chi connectivity index (χ3v) is 5.31. The van der Waals surface area contributed by atoms with Gasteiger partial charge in [0, 0.05) is 29.9 Å². The molecule has 3 N–H and O–H groups in total. The van der Waals surface area contributed by atoms with Gasteiger partial charge in [-0.1, -0.05) is 0 Å². The fourth-order valence-corrected chi connectivity index (χ4v) is 3.58. The molecule has 3 heterocycles. The molecule has 1 unspecified atom stereocenters. The van der Waals surface area contributed by atoms with Crippen LogP contribution in [0.2, 0.25) is 0 Å². The van der Waals surface area contributed by atoms with E-state index in [1.807, 2.05) is 20.9 Å². The van der Waals surface area contributed by atoms with Gasteiger partial charge in [0.25, 0.3) is 0 Å². The van der Waals surface area contributed by atoms with Gasteiger partial charge in [-0.25, -0.2) is 9.97 Å². The van der Waals surface area contributed by atoms with E-state index in [4.69, 9.17) is 5.73 Å². The summed E-state index contributed by atoms with van der Waals surface area (Å²) < 4.78 is 39.8. The minimum absolute atomic E-state index is 0.173. The number of rotatable bonds is 3. The van der Waals surface area contributed by atoms with Crippen molar-refractivity contribution in [1.82, 2.24) is 19.7 Å². The average Bonchev–Trinajstić information content (AvgIpc) is 3.38. The summed E-state index contributed by atoms with van der Waals surface area (Å²) >= 11 is 0. The van der Waals surface area contributed by atoms with Crippen LogP contribution in [-0.2, 0) is 11.8 Å². The lowest BCUT2D eigenvalue weighted by Gasteiger charge is -2.10. The molecule has 1 fully saturated rings. The Bertz CT molecular complexity index is 1140. The molecular formula is C19H19F3N6O. The van der Waals surface area contributed by atoms with E-state index in [0.29, 0.717) is 16.5 Å². The molecule has 1 aliphatic rings. The lowest BCUT2D eigenvalue weighted by atomic mass is 10.1. The van der Waals surface area contributed by atoms with E-state index in [9.17, 15) is 18.0 Å². The number of nitrogens with two attached hydrogens (primary N) is 1. The Morgan fingerprint density at radius 1 is 1.31 bits per heavy atom. The molecule has 1 saturated carbocycles. The summed E-state index contributed by atoms with van der Waals surface area (Å²) in [6.45, 7) is 3.79. The van der Waals surface area contributed by atoms with Gasteiger partial charge in [-0.05, 0) is 37.8 Å². The predicted molar refractivity (Wildman–Crippen MR) is 102 cm³/mol. The molecule has 4 rings (SSSR count). The first-order chi connectivity index (χ1) is 13.6. The number of carbonyl (C=O) groups is 1. The normalized spacial score (nSPS) is 18.8. The van der Waals surface area contributed by atoms with Crippen molar-refractivity contribution in [2.45, 2.75) is 26.4 Å². The van der Waals surface area contributed by atoms with Gasteiger partial charge < -0.3 is 11.1 Å². The van der Waals surface area contributed by atoms with E-state index in [2.05, 4.69) is 20.4 Å². The third-order valence-electron chi connectivity index (χ3n) is 5.31. The van der Waals surface area contributed by atoms with Crippen LogP contribution < -0.4 is 11.1 Å². The molecule has 1 amide bonds. The minimum atomic E-state index is -4.35. The number of anilines is 2. The average molecular weight is 404 g/mol. The minimum Gasteiger partial charge on any atom is -0.383 e. The second-order valence-electron chi connectivity index (χ2n) is 7.33. The Balaban J connectivity index is 1.66. The molecule has 3 aromatic heterocycles. The van der Waals surface area contributed by atoms with Crippen molar-refractivity contribution < 1.29 is 18.0 Å². The molecule has 29 heavy (non-hydrogen) atoms. The molecule has 152 valence electrons. The number of nitrogens with zero attached hydrogens (tertiary/aromatic N) is 4. The SMILES string of the molecule is Cc1nn(C)c(C)c1-c1cc2cc(NC(=O)[C@@H]3CC3C(F)(F)F)ncc2c(N)n1. The number of hydrogen-bond donors (Lipinski definition) is 2. The highest BCUT2D eigenvalue weighted by atomic mass is 19.4. The maximum atomic E-state index is 12.7. The smallest absolute Gasteiger partial charge is 0.383 e. The molecule has 7 nitrogen and oxygen atoms in total. The lowest BCUT2D eigenvalue weighted by molar-refractivity contribution is -0.153. The number of amides is 1. The molecule has 2 atom stereocenters. The van der Waals surface area contributed by atoms with Gasteiger partial charge in [-0.15, -0.1) is 0 Å². The van der Waals surface area contributed by atoms with Gasteiger partial charge in [0.05, 0.1) is 23.2 Å². The van der Waals surface area contributed by atoms with Gasteiger partial charge >= 0.3 is 6.18 Å². The largest absolute Gasteiger partial charge is 0.392 e. The van der Waals surface area contributed by atoms with E-state index < -0.39 is 23.9 Å². The Morgan fingerprint density at radius 2 is 2.03 bits per heavy atom. The number of nitrogens with one attached hydrogen (secondary N) is 1. The molecular weight excluding hydrogens is 385 g/mol. The van der Waals surface area contributed by atoms with E-state index >= 15 is 0 Å². The second kappa shape index (κ2) is 6.43. The summed E-state index contributed by atoms with van der Waals surface area (Å²) in [4.78, 5) is 20.7. The fourth-order valence-electron chi connectivity index (χ4n) is 3.58. The summed E-state index contributed by atoms with van der Waals surface area (Å²) in [7, 11) is 1.83. The summed E-state index contributed by atoms with van der Waals surface area (Å²) in [6.07, 6.45) is -3.09. The van der Waals surface area contributed by atoms with Crippen LogP contribution in [0.1, 0.15) is 17.8 Å². The summed E-state index contributed by atoms with van der Waals surface area (Å²) in [5.74, 6) is -2.88. The highest BCUT2D eigenvalue weighted by Crippen LogP contribution is 2.50. The number of pyridine rings is 2. The fraction of sp³-hybridized carbons (Fsp3) is 0.368. The number of alkyl halides is 3. The molecule has 0 aliphatic heterocycles. The number of nitrogen functional groups attached to an aromatic ring is 1.